The van der Waals surface area contributed by atoms with Crippen LogP contribution in [0.2, 0.25) is 0 Å². The number of amides is 1. The molecule has 1 aliphatic rings. The maximum absolute atomic E-state index is 11.8. The van der Waals surface area contributed by atoms with Crippen LogP contribution in [0.5, 0.6) is 0 Å². The normalized spacial score (nSPS) is 17.8. The summed E-state index contributed by atoms with van der Waals surface area (Å²) in [5.74, 6) is -0.373. The second kappa shape index (κ2) is 8.74. The smallest absolute Gasteiger partial charge is 0.248 e. The van der Waals surface area contributed by atoms with Crippen molar-refractivity contribution in [3.63, 3.8) is 0 Å². The number of benzene rings is 1. The van der Waals surface area contributed by atoms with Crippen molar-refractivity contribution in [1.82, 2.24) is 4.98 Å². The summed E-state index contributed by atoms with van der Waals surface area (Å²) in [4.78, 5) is 16.4. The van der Waals surface area contributed by atoms with E-state index >= 15 is 0 Å². The van der Waals surface area contributed by atoms with Crippen molar-refractivity contribution in [2.24, 2.45) is 11.1 Å². The summed E-state index contributed by atoms with van der Waals surface area (Å²) in [7, 11) is 1.71. The number of primary amides is 1. The second-order valence-corrected chi connectivity index (χ2v) is 8.47. The van der Waals surface area contributed by atoms with Crippen LogP contribution in [0.4, 0.5) is 5.69 Å². The quantitative estimate of drug-likeness (QED) is 0.669. The first kappa shape index (κ1) is 20.3. The van der Waals surface area contributed by atoms with Gasteiger partial charge in [-0.05, 0) is 72.9 Å². The number of pyridine rings is 1. The number of carbonyl (C=O) groups is 1. The number of nitrogens with one attached hydrogen (secondary N) is 1. The van der Waals surface area contributed by atoms with Crippen molar-refractivity contribution < 1.29 is 9.53 Å². The molecule has 0 aliphatic heterocycles. The predicted molar refractivity (Wildman–Crippen MR) is 112 cm³/mol. The molecule has 1 heterocycles. The second-order valence-electron chi connectivity index (χ2n) is 8.47. The Balaban J connectivity index is 1.83. The van der Waals surface area contributed by atoms with Crippen LogP contribution in [0.1, 0.15) is 66.3 Å². The van der Waals surface area contributed by atoms with Crippen LogP contribution in [-0.4, -0.2) is 24.6 Å². The number of methoxy groups -OCH3 is 1. The monoisotopic (exact) mass is 381 g/mol. The Kier molecular flexibility index (Phi) is 6.35. The number of aryl methyl sites for hydroxylation is 1. The van der Waals surface area contributed by atoms with Gasteiger partial charge in [0.25, 0.3) is 0 Å². The summed E-state index contributed by atoms with van der Waals surface area (Å²) in [6, 6.07) is 10.2. The van der Waals surface area contributed by atoms with Gasteiger partial charge >= 0.3 is 0 Å². The van der Waals surface area contributed by atoms with Crippen molar-refractivity contribution in [1.29, 1.82) is 0 Å². The highest BCUT2D eigenvalue weighted by atomic mass is 16.5. The highest BCUT2D eigenvalue weighted by molar-refractivity contribution is 5.94. The van der Waals surface area contributed by atoms with Crippen LogP contribution >= 0.6 is 0 Å². The number of anilines is 1. The van der Waals surface area contributed by atoms with Gasteiger partial charge in [-0.2, -0.15) is 0 Å². The Bertz CT molecular complexity index is 832. The summed E-state index contributed by atoms with van der Waals surface area (Å²) in [5.41, 5.74) is 10.8. The molecule has 1 aliphatic carbocycles. The van der Waals surface area contributed by atoms with Gasteiger partial charge in [0, 0.05) is 36.9 Å². The Hall–Kier alpha value is -2.40. The Labute approximate surface area is 167 Å². The number of hydrogen-bond acceptors (Lipinski definition) is 4. The molecular formula is C23H31N3O2. The van der Waals surface area contributed by atoms with Gasteiger partial charge in [-0.1, -0.05) is 19.9 Å². The average Bonchev–Trinajstić information content (AvgIpc) is 2.64. The molecule has 3 N–H and O–H groups in total. The first-order valence-corrected chi connectivity index (χ1v) is 10.0. The third-order valence-corrected chi connectivity index (χ3v) is 5.46. The molecule has 5 heteroatoms. The largest absolute Gasteiger partial charge is 0.385 e. The summed E-state index contributed by atoms with van der Waals surface area (Å²) in [6.45, 7) is 5.30. The highest BCUT2D eigenvalue weighted by Crippen LogP contribution is 2.41. The van der Waals surface area contributed by atoms with E-state index in [9.17, 15) is 4.79 Å². The third-order valence-electron chi connectivity index (χ3n) is 5.46. The first-order valence-electron chi connectivity index (χ1n) is 10.0. The fraction of sp³-hybridized carbons (Fsp3) is 0.478. The lowest BCUT2D eigenvalue weighted by Crippen LogP contribution is -2.30. The summed E-state index contributed by atoms with van der Waals surface area (Å²) in [6.07, 6.45) is 6.63. The van der Waals surface area contributed by atoms with Gasteiger partial charge in [0.15, 0.2) is 0 Å². The number of rotatable bonds is 8. The number of nitrogens with zero attached hydrogens (tertiary/aromatic N) is 1. The molecule has 0 fully saturated rings. The van der Waals surface area contributed by atoms with E-state index in [1.807, 2.05) is 24.4 Å². The van der Waals surface area contributed by atoms with E-state index in [-0.39, 0.29) is 17.4 Å². The van der Waals surface area contributed by atoms with Crippen LogP contribution in [0.25, 0.3) is 0 Å². The van der Waals surface area contributed by atoms with Crippen molar-refractivity contribution in [3.05, 3.63) is 58.9 Å². The predicted octanol–water partition coefficient (Wildman–Crippen LogP) is 4.28. The van der Waals surface area contributed by atoms with E-state index in [2.05, 4.69) is 36.3 Å². The number of unbranched alkanes of at least 4 members (excludes halogenated alkanes) is 1. The maximum Gasteiger partial charge on any atom is 0.248 e. The Morgan fingerprint density at radius 2 is 2.14 bits per heavy atom. The number of ether oxygens (including phenoxy) is 1. The van der Waals surface area contributed by atoms with Gasteiger partial charge in [0.05, 0.1) is 6.04 Å². The van der Waals surface area contributed by atoms with Crippen molar-refractivity contribution in [2.75, 3.05) is 19.0 Å². The number of fused-ring (bicyclic) bond motifs is 1. The van der Waals surface area contributed by atoms with Gasteiger partial charge in [0.2, 0.25) is 5.91 Å². The Morgan fingerprint density at radius 3 is 2.89 bits per heavy atom. The molecule has 0 saturated heterocycles. The zero-order chi connectivity index (χ0) is 20.1. The number of nitrogens with two attached hydrogens (primary N) is 1. The molecule has 2 aromatic rings. The topological polar surface area (TPSA) is 77.2 Å². The molecule has 3 rings (SSSR count). The third kappa shape index (κ3) is 4.90. The van der Waals surface area contributed by atoms with E-state index < -0.39 is 0 Å². The van der Waals surface area contributed by atoms with E-state index in [4.69, 9.17) is 10.5 Å². The molecule has 28 heavy (non-hydrogen) atoms. The first-order chi connectivity index (χ1) is 13.4. The van der Waals surface area contributed by atoms with Crippen molar-refractivity contribution in [3.8, 4) is 0 Å². The summed E-state index contributed by atoms with van der Waals surface area (Å²) < 4.78 is 5.12. The number of carbonyl (C=O) groups excluding carboxylic acids is 1. The molecular weight excluding hydrogens is 350 g/mol. The lowest BCUT2D eigenvalue weighted by Gasteiger charge is -2.37. The van der Waals surface area contributed by atoms with E-state index in [1.54, 1.807) is 7.11 Å². The van der Waals surface area contributed by atoms with Gasteiger partial charge in [-0.15, -0.1) is 0 Å². The van der Waals surface area contributed by atoms with Gasteiger partial charge in [-0.3, -0.25) is 9.78 Å². The van der Waals surface area contributed by atoms with Gasteiger partial charge < -0.3 is 15.8 Å². The fourth-order valence-corrected chi connectivity index (χ4v) is 4.13. The summed E-state index contributed by atoms with van der Waals surface area (Å²) in [5, 5.41) is 3.68. The molecule has 1 amide bonds. The SMILES string of the molecule is COCCCCc1cc(NC2CC(C)(C)Cc3ncccc32)ccc1C(N)=O. The van der Waals surface area contributed by atoms with Crippen molar-refractivity contribution in [2.45, 2.75) is 52.0 Å². The average molecular weight is 382 g/mol. The van der Waals surface area contributed by atoms with Crippen LogP contribution in [0, 0.1) is 5.41 Å². The van der Waals surface area contributed by atoms with E-state index in [0.717, 1.165) is 50.0 Å². The molecule has 0 bridgehead atoms. The minimum Gasteiger partial charge on any atom is -0.385 e. The highest BCUT2D eigenvalue weighted by Gasteiger charge is 2.32. The lowest BCUT2D eigenvalue weighted by atomic mass is 9.74. The van der Waals surface area contributed by atoms with Crippen LogP contribution in [0.15, 0.2) is 36.5 Å². The van der Waals surface area contributed by atoms with Crippen LogP contribution in [0.3, 0.4) is 0 Å². The Morgan fingerprint density at radius 1 is 1.32 bits per heavy atom. The van der Waals surface area contributed by atoms with Crippen molar-refractivity contribution >= 4 is 11.6 Å². The number of hydrogen-bond donors (Lipinski definition) is 2. The summed E-state index contributed by atoms with van der Waals surface area (Å²) >= 11 is 0. The maximum atomic E-state index is 11.8. The zero-order valence-corrected chi connectivity index (χ0v) is 17.1. The van der Waals surface area contributed by atoms with Gasteiger partial charge in [0.1, 0.15) is 0 Å². The molecule has 1 aromatic heterocycles. The standard InChI is InChI=1S/C23H31N3O2/c1-23(2)14-20-19(8-6-11-25-20)21(15-23)26-17-9-10-18(22(24)27)16(13-17)7-4-5-12-28-3/h6,8-11,13,21,26H,4-5,7,12,14-15H2,1-3H3,(H2,24,27). The van der Waals surface area contributed by atoms with Crippen LogP contribution in [-0.2, 0) is 17.6 Å². The minimum atomic E-state index is -0.373. The van der Waals surface area contributed by atoms with Crippen LogP contribution < -0.4 is 11.1 Å². The molecule has 150 valence electrons. The van der Waals surface area contributed by atoms with E-state index in [0.29, 0.717) is 5.56 Å². The lowest BCUT2D eigenvalue weighted by molar-refractivity contribution is 0.0999. The number of aromatic nitrogens is 1. The molecule has 0 spiro atoms. The molecule has 0 saturated carbocycles. The fourth-order valence-electron chi connectivity index (χ4n) is 4.13. The molecule has 0 radical (unpaired) electrons. The molecule has 5 nitrogen and oxygen atoms in total. The molecule has 1 unspecified atom stereocenters. The van der Waals surface area contributed by atoms with Gasteiger partial charge in [-0.25, -0.2) is 0 Å². The minimum absolute atomic E-state index is 0.190. The van der Waals surface area contributed by atoms with E-state index in [1.165, 1.54) is 11.3 Å². The molecule has 1 aromatic carbocycles. The zero-order valence-electron chi connectivity index (χ0n) is 17.1. The molecule has 1 atom stereocenters.